The third kappa shape index (κ3) is 2.99. The van der Waals surface area contributed by atoms with E-state index in [1.807, 2.05) is 53.4 Å². The number of nitrogens with zero attached hydrogens (tertiary/aromatic N) is 1. The predicted molar refractivity (Wildman–Crippen MR) is 94.1 cm³/mol. The van der Waals surface area contributed by atoms with Crippen LogP contribution in [0.3, 0.4) is 0 Å². The molecule has 0 atom stereocenters. The van der Waals surface area contributed by atoms with Crippen LogP contribution in [-0.2, 0) is 11.3 Å². The van der Waals surface area contributed by atoms with E-state index < -0.39 is 5.79 Å². The lowest BCUT2D eigenvalue weighted by Gasteiger charge is -2.44. The van der Waals surface area contributed by atoms with E-state index in [9.17, 15) is 4.79 Å². The zero-order valence-electron chi connectivity index (χ0n) is 13.9. The summed E-state index contributed by atoms with van der Waals surface area (Å²) in [6.07, 6.45) is 6.75. The third-order valence-electron chi connectivity index (χ3n) is 4.85. The van der Waals surface area contributed by atoms with Crippen molar-refractivity contribution < 1.29 is 14.3 Å². The zero-order chi connectivity index (χ0) is 17.3. The van der Waals surface area contributed by atoms with Crippen molar-refractivity contribution in [2.45, 2.75) is 25.2 Å². The summed E-state index contributed by atoms with van der Waals surface area (Å²) in [6.45, 7) is 1.72. The van der Waals surface area contributed by atoms with E-state index in [2.05, 4.69) is 5.92 Å². The molecule has 25 heavy (non-hydrogen) atoms. The molecule has 0 N–H and O–H groups in total. The van der Waals surface area contributed by atoms with Gasteiger partial charge in [0.1, 0.15) is 5.75 Å². The first-order valence-corrected chi connectivity index (χ1v) is 8.46. The van der Waals surface area contributed by atoms with Gasteiger partial charge in [-0.25, -0.2) is 0 Å². The second kappa shape index (κ2) is 6.27. The van der Waals surface area contributed by atoms with Crippen LogP contribution >= 0.6 is 0 Å². The van der Waals surface area contributed by atoms with Crippen molar-refractivity contribution in [1.29, 1.82) is 0 Å². The smallest absolute Gasteiger partial charge is 0.253 e. The SMILES string of the molecule is C#Cc1ccc2c(c1)COC1(CCN(C(=O)c3ccccc3)CC1)O2. The van der Waals surface area contributed by atoms with Crippen LogP contribution in [0.2, 0.25) is 0 Å². The first kappa shape index (κ1) is 15.7. The highest BCUT2D eigenvalue weighted by Crippen LogP contribution is 2.38. The van der Waals surface area contributed by atoms with Gasteiger partial charge in [0, 0.05) is 42.6 Å². The van der Waals surface area contributed by atoms with Gasteiger partial charge in [-0.15, -0.1) is 6.42 Å². The van der Waals surface area contributed by atoms with E-state index in [0.717, 1.165) is 22.4 Å². The molecule has 0 aromatic heterocycles. The minimum Gasteiger partial charge on any atom is -0.462 e. The Bertz CT molecular complexity index is 830. The number of piperidine rings is 1. The molecule has 126 valence electrons. The Balaban J connectivity index is 1.45. The van der Waals surface area contributed by atoms with Crippen molar-refractivity contribution in [3.05, 3.63) is 65.2 Å². The van der Waals surface area contributed by atoms with E-state index in [4.69, 9.17) is 15.9 Å². The number of carbonyl (C=O) groups excluding carboxylic acids is 1. The normalized spacial score (nSPS) is 18.1. The number of carbonyl (C=O) groups is 1. The molecule has 1 spiro atoms. The van der Waals surface area contributed by atoms with Gasteiger partial charge in [-0.3, -0.25) is 4.79 Å². The number of likely N-dealkylation sites (tertiary alicyclic amines) is 1. The van der Waals surface area contributed by atoms with Crippen molar-refractivity contribution in [3.8, 4) is 18.1 Å². The summed E-state index contributed by atoms with van der Waals surface area (Å²) in [5.74, 6) is 2.87. The molecule has 0 bridgehead atoms. The van der Waals surface area contributed by atoms with Gasteiger partial charge < -0.3 is 14.4 Å². The summed E-state index contributed by atoms with van der Waals surface area (Å²) < 4.78 is 12.2. The van der Waals surface area contributed by atoms with Crippen LogP contribution in [0, 0.1) is 12.3 Å². The van der Waals surface area contributed by atoms with E-state index in [-0.39, 0.29) is 5.91 Å². The molecular weight excluding hydrogens is 314 g/mol. The van der Waals surface area contributed by atoms with Gasteiger partial charge in [0.05, 0.1) is 6.61 Å². The molecule has 0 saturated carbocycles. The van der Waals surface area contributed by atoms with E-state index >= 15 is 0 Å². The Morgan fingerprint density at radius 2 is 1.88 bits per heavy atom. The zero-order valence-corrected chi connectivity index (χ0v) is 13.9. The summed E-state index contributed by atoms with van der Waals surface area (Å²) in [5, 5.41) is 0. The lowest BCUT2D eigenvalue weighted by atomic mass is 10.00. The lowest BCUT2D eigenvalue weighted by molar-refractivity contribution is -0.225. The second-order valence-electron chi connectivity index (χ2n) is 6.43. The molecular formula is C21H19NO3. The number of amides is 1. The largest absolute Gasteiger partial charge is 0.462 e. The number of fused-ring (bicyclic) bond motifs is 1. The van der Waals surface area contributed by atoms with Crippen molar-refractivity contribution in [2.75, 3.05) is 13.1 Å². The Hall–Kier alpha value is -2.77. The van der Waals surface area contributed by atoms with Crippen LogP contribution in [0.15, 0.2) is 48.5 Å². The van der Waals surface area contributed by atoms with Crippen LogP contribution < -0.4 is 4.74 Å². The fourth-order valence-electron chi connectivity index (χ4n) is 3.38. The maximum Gasteiger partial charge on any atom is 0.253 e. The highest BCUT2D eigenvalue weighted by atomic mass is 16.7. The molecule has 1 fully saturated rings. The van der Waals surface area contributed by atoms with E-state index in [0.29, 0.717) is 32.5 Å². The average molecular weight is 333 g/mol. The summed E-state index contributed by atoms with van der Waals surface area (Å²) in [5.41, 5.74) is 2.52. The van der Waals surface area contributed by atoms with Crippen molar-refractivity contribution in [1.82, 2.24) is 4.90 Å². The van der Waals surface area contributed by atoms with E-state index in [1.165, 1.54) is 0 Å². The molecule has 0 unspecified atom stereocenters. The Kier molecular flexibility index (Phi) is 3.95. The van der Waals surface area contributed by atoms with Gasteiger partial charge in [-0.05, 0) is 30.3 Å². The summed E-state index contributed by atoms with van der Waals surface area (Å²) in [7, 11) is 0. The number of benzene rings is 2. The molecule has 1 amide bonds. The highest BCUT2D eigenvalue weighted by molar-refractivity contribution is 5.94. The molecule has 4 nitrogen and oxygen atoms in total. The fourth-order valence-corrected chi connectivity index (χ4v) is 3.38. The van der Waals surface area contributed by atoms with Gasteiger partial charge in [-0.2, -0.15) is 0 Å². The molecule has 2 aliphatic heterocycles. The molecule has 4 rings (SSSR count). The molecule has 2 aromatic carbocycles. The van der Waals surface area contributed by atoms with Crippen molar-refractivity contribution >= 4 is 5.91 Å². The monoisotopic (exact) mass is 333 g/mol. The number of rotatable bonds is 1. The van der Waals surface area contributed by atoms with Crippen LogP contribution in [0.1, 0.15) is 34.3 Å². The molecule has 2 heterocycles. The molecule has 4 heteroatoms. The van der Waals surface area contributed by atoms with Gasteiger partial charge in [0.15, 0.2) is 0 Å². The van der Waals surface area contributed by atoms with Gasteiger partial charge in [-0.1, -0.05) is 24.1 Å². The number of hydrogen-bond donors (Lipinski definition) is 0. The van der Waals surface area contributed by atoms with E-state index in [1.54, 1.807) is 0 Å². The number of hydrogen-bond acceptors (Lipinski definition) is 3. The quantitative estimate of drug-likeness (QED) is 0.752. The van der Waals surface area contributed by atoms with Gasteiger partial charge >= 0.3 is 0 Å². The average Bonchev–Trinajstić information content (AvgIpc) is 2.68. The number of ether oxygens (including phenoxy) is 2. The minimum absolute atomic E-state index is 0.0605. The van der Waals surface area contributed by atoms with Crippen LogP contribution in [0.5, 0.6) is 5.75 Å². The molecule has 2 aliphatic rings. The molecule has 0 aliphatic carbocycles. The summed E-state index contributed by atoms with van der Waals surface area (Å²) in [6, 6.07) is 15.1. The Morgan fingerprint density at radius 3 is 2.60 bits per heavy atom. The Morgan fingerprint density at radius 1 is 1.12 bits per heavy atom. The lowest BCUT2D eigenvalue weighted by Crippen LogP contribution is -2.52. The van der Waals surface area contributed by atoms with Crippen LogP contribution in [0.4, 0.5) is 0 Å². The summed E-state index contributed by atoms with van der Waals surface area (Å²) in [4.78, 5) is 14.4. The maximum atomic E-state index is 12.6. The fraction of sp³-hybridized carbons (Fsp3) is 0.286. The van der Waals surface area contributed by atoms with Crippen molar-refractivity contribution in [3.63, 3.8) is 0 Å². The van der Waals surface area contributed by atoms with Gasteiger partial charge in [0.2, 0.25) is 5.79 Å². The summed E-state index contributed by atoms with van der Waals surface area (Å²) >= 11 is 0. The first-order chi connectivity index (χ1) is 12.2. The topological polar surface area (TPSA) is 38.8 Å². The molecule has 2 aromatic rings. The minimum atomic E-state index is -0.641. The second-order valence-corrected chi connectivity index (χ2v) is 6.43. The molecule has 0 radical (unpaired) electrons. The predicted octanol–water partition coefficient (Wildman–Crippen LogP) is 3.21. The molecule has 1 saturated heterocycles. The third-order valence-corrected chi connectivity index (χ3v) is 4.85. The van der Waals surface area contributed by atoms with Crippen LogP contribution in [-0.4, -0.2) is 29.7 Å². The Labute approximate surface area is 147 Å². The standard InChI is InChI=1S/C21H19NO3/c1-2-16-8-9-19-18(14-16)15-24-21(25-19)10-12-22(13-11-21)20(23)17-6-4-3-5-7-17/h1,3-9,14H,10-13,15H2. The first-order valence-electron chi connectivity index (χ1n) is 8.46. The van der Waals surface area contributed by atoms with Gasteiger partial charge in [0.25, 0.3) is 5.91 Å². The highest BCUT2D eigenvalue weighted by Gasteiger charge is 2.41. The number of terminal acetylenes is 1. The van der Waals surface area contributed by atoms with Crippen LogP contribution in [0.25, 0.3) is 0 Å². The van der Waals surface area contributed by atoms with Crippen molar-refractivity contribution in [2.24, 2.45) is 0 Å². The maximum absolute atomic E-state index is 12.6.